The topological polar surface area (TPSA) is 46.9 Å². The second kappa shape index (κ2) is 6.03. The van der Waals surface area contributed by atoms with Crippen molar-refractivity contribution in [3.63, 3.8) is 0 Å². The van der Waals surface area contributed by atoms with Crippen molar-refractivity contribution in [2.45, 2.75) is 32.7 Å². The second-order valence-electron chi connectivity index (χ2n) is 4.00. The number of carbonyl (C=O) groups excluding carboxylic acids is 1. The van der Waals surface area contributed by atoms with E-state index in [0.717, 1.165) is 23.9 Å². The van der Waals surface area contributed by atoms with Gasteiger partial charge in [-0.25, -0.2) is 0 Å². The monoisotopic (exact) mass is 287 g/mol. The average Bonchev–Trinajstić information content (AvgIpc) is 2.54. The summed E-state index contributed by atoms with van der Waals surface area (Å²) in [5.41, 5.74) is 1.48. The van der Waals surface area contributed by atoms with Crippen LogP contribution in [0.1, 0.15) is 35.9 Å². The summed E-state index contributed by atoms with van der Waals surface area (Å²) in [6, 6.07) is 1.99. The number of hydrogen-bond donors (Lipinski definition) is 1. The zero-order chi connectivity index (χ0) is 12.1. The van der Waals surface area contributed by atoms with E-state index in [-0.39, 0.29) is 11.9 Å². The van der Waals surface area contributed by atoms with Gasteiger partial charge >= 0.3 is 0 Å². The van der Waals surface area contributed by atoms with Crippen LogP contribution in [0.15, 0.2) is 6.07 Å². The molecular formula is C11H18BrN3O. The van der Waals surface area contributed by atoms with Crippen molar-refractivity contribution in [2.75, 3.05) is 5.33 Å². The van der Waals surface area contributed by atoms with Gasteiger partial charge in [0, 0.05) is 18.4 Å². The van der Waals surface area contributed by atoms with Gasteiger partial charge < -0.3 is 5.32 Å². The fourth-order valence-electron chi connectivity index (χ4n) is 1.58. The van der Waals surface area contributed by atoms with Crippen LogP contribution in [-0.4, -0.2) is 27.1 Å². The van der Waals surface area contributed by atoms with Crippen LogP contribution in [0, 0.1) is 6.92 Å². The highest BCUT2D eigenvalue weighted by Gasteiger charge is 2.13. The molecule has 0 aliphatic rings. The summed E-state index contributed by atoms with van der Waals surface area (Å²) in [5.74, 6) is -0.0508. The molecule has 0 fully saturated rings. The molecule has 1 atom stereocenters. The Balaban J connectivity index is 2.55. The maximum atomic E-state index is 11.9. The summed E-state index contributed by atoms with van der Waals surface area (Å²) in [4.78, 5) is 11.9. The molecule has 0 saturated heterocycles. The largest absolute Gasteiger partial charge is 0.348 e. The fourth-order valence-corrected chi connectivity index (χ4v) is 1.90. The smallest absolute Gasteiger partial charge is 0.269 e. The predicted octanol–water partition coefficient (Wildman–Crippen LogP) is 2.02. The number of halogens is 1. The Morgan fingerprint density at radius 3 is 2.88 bits per heavy atom. The number of aromatic nitrogens is 2. The first-order valence-electron chi connectivity index (χ1n) is 5.42. The van der Waals surface area contributed by atoms with Gasteiger partial charge in [-0.1, -0.05) is 15.9 Å². The zero-order valence-corrected chi connectivity index (χ0v) is 11.5. The van der Waals surface area contributed by atoms with Gasteiger partial charge in [0.1, 0.15) is 5.69 Å². The van der Waals surface area contributed by atoms with Crippen LogP contribution in [0.4, 0.5) is 0 Å². The second-order valence-corrected chi connectivity index (χ2v) is 4.79. The van der Waals surface area contributed by atoms with E-state index in [1.54, 1.807) is 17.8 Å². The molecule has 5 heteroatoms. The molecule has 1 heterocycles. The zero-order valence-electron chi connectivity index (χ0n) is 9.96. The van der Waals surface area contributed by atoms with Crippen molar-refractivity contribution in [1.29, 1.82) is 0 Å². The lowest BCUT2D eigenvalue weighted by atomic mass is 10.2. The summed E-state index contributed by atoms with van der Waals surface area (Å²) >= 11 is 3.38. The molecular weight excluding hydrogens is 270 g/mol. The van der Waals surface area contributed by atoms with Crippen molar-refractivity contribution in [3.05, 3.63) is 17.5 Å². The SMILES string of the molecule is Cc1cc(C(=O)NC(C)CCCBr)n(C)n1. The number of aryl methyl sites for hydroxylation is 2. The molecule has 1 unspecified atom stereocenters. The van der Waals surface area contributed by atoms with E-state index >= 15 is 0 Å². The minimum absolute atomic E-state index is 0.0508. The van der Waals surface area contributed by atoms with Crippen molar-refractivity contribution < 1.29 is 4.79 Å². The van der Waals surface area contributed by atoms with Gasteiger partial charge in [0.2, 0.25) is 0 Å². The fraction of sp³-hybridized carbons (Fsp3) is 0.636. The number of nitrogens with zero attached hydrogens (tertiary/aromatic N) is 2. The van der Waals surface area contributed by atoms with Gasteiger partial charge in [-0.2, -0.15) is 5.10 Å². The number of rotatable bonds is 5. The third kappa shape index (κ3) is 3.63. The Morgan fingerprint density at radius 2 is 2.38 bits per heavy atom. The number of nitrogens with one attached hydrogen (secondary N) is 1. The predicted molar refractivity (Wildman–Crippen MR) is 67.9 cm³/mol. The lowest BCUT2D eigenvalue weighted by molar-refractivity contribution is 0.0929. The molecule has 0 aliphatic carbocycles. The van der Waals surface area contributed by atoms with E-state index < -0.39 is 0 Å². The first-order valence-corrected chi connectivity index (χ1v) is 6.54. The van der Waals surface area contributed by atoms with Crippen molar-refractivity contribution in [3.8, 4) is 0 Å². The normalized spacial score (nSPS) is 12.5. The van der Waals surface area contributed by atoms with Gasteiger partial charge in [-0.05, 0) is 32.8 Å². The molecule has 90 valence electrons. The Bertz CT molecular complexity index is 362. The van der Waals surface area contributed by atoms with Crippen molar-refractivity contribution in [1.82, 2.24) is 15.1 Å². The van der Waals surface area contributed by atoms with E-state index in [9.17, 15) is 4.79 Å². The molecule has 4 nitrogen and oxygen atoms in total. The average molecular weight is 288 g/mol. The molecule has 0 radical (unpaired) electrons. The third-order valence-electron chi connectivity index (χ3n) is 2.38. The quantitative estimate of drug-likeness (QED) is 0.843. The highest BCUT2D eigenvalue weighted by Crippen LogP contribution is 2.04. The van der Waals surface area contributed by atoms with E-state index in [1.807, 2.05) is 13.8 Å². The first-order chi connectivity index (χ1) is 7.54. The lowest BCUT2D eigenvalue weighted by Gasteiger charge is -2.12. The molecule has 0 saturated carbocycles. The van der Waals surface area contributed by atoms with Crippen LogP contribution in [0.3, 0.4) is 0 Å². The molecule has 0 bridgehead atoms. The molecule has 16 heavy (non-hydrogen) atoms. The van der Waals surface area contributed by atoms with Gasteiger partial charge in [0.25, 0.3) is 5.91 Å². The first kappa shape index (κ1) is 13.2. The highest BCUT2D eigenvalue weighted by atomic mass is 79.9. The Morgan fingerprint density at radius 1 is 1.69 bits per heavy atom. The summed E-state index contributed by atoms with van der Waals surface area (Å²) in [6.07, 6.45) is 2.04. The standard InChI is InChI=1S/C11H18BrN3O/c1-8(5-4-6-12)13-11(16)10-7-9(2)14-15(10)3/h7-8H,4-6H2,1-3H3,(H,13,16). The molecule has 0 aliphatic heterocycles. The molecule has 1 N–H and O–H groups in total. The van der Waals surface area contributed by atoms with E-state index in [0.29, 0.717) is 5.69 Å². The van der Waals surface area contributed by atoms with Gasteiger partial charge in [-0.3, -0.25) is 9.48 Å². The van der Waals surface area contributed by atoms with Gasteiger partial charge in [0.05, 0.1) is 5.69 Å². The molecule has 1 amide bonds. The molecule has 0 spiro atoms. The van der Waals surface area contributed by atoms with Crippen LogP contribution < -0.4 is 5.32 Å². The molecule has 1 aromatic heterocycles. The number of amides is 1. The minimum atomic E-state index is -0.0508. The number of carbonyl (C=O) groups is 1. The van der Waals surface area contributed by atoms with Crippen LogP contribution in [0.25, 0.3) is 0 Å². The van der Waals surface area contributed by atoms with Crippen molar-refractivity contribution >= 4 is 21.8 Å². The van der Waals surface area contributed by atoms with Crippen LogP contribution in [0.2, 0.25) is 0 Å². The van der Waals surface area contributed by atoms with E-state index in [1.165, 1.54) is 0 Å². The lowest BCUT2D eigenvalue weighted by Crippen LogP contribution is -2.33. The highest BCUT2D eigenvalue weighted by molar-refractivity contribution is 9.09. The molecule has 0 aromatic carbocycles. The van der Waals surface area contributed by atoms with Gasteiger partial charge in [0.15, 0.2) is 0 Å². The molecule has 1 rings (SSSR count). The number of hydrogen-bond acceptors (Lipinski definition) is 2. The van der Waals surface area contributed by atoms with Crippen LogP contribution in [0.5, 0.6) is 0 Å². The van der Waals surface area contributed by atoms with Crippen LogP contribution in [-0.2, 0) is 7.05 Å². The minimum Gasteiger partial charge on any atom is -0.348 e. The number of alkyl halides is 1. The summed E-state index contributed by atoms with van der Waals surface area (Å²) in [7, 11) is 1.78. The van der Waals surface area contributed by atoms with Crippen molar-refractivity contribution in [2.24, 2.45) is 7.05 Å². The van der Waals surface area contributed by atoms with Gasteiger partial charge in [-0.15, -0.1) is 0 Å². The molecule has 1 aromatic rings. The maximum Gasteiger partial charge on any atom is 0.269 e. The van der Waals surface area contributed by atoms with E-state index in [4.69, 9.17) is 0 Å². The van der Waals surface area contributed by atoms with E-state index in [2.05, 4.69) is 26.3 Å². The Kier molecular flexibility index (Phi) is 4.99. The summed E-state index contributed by atoms with van der Waals surface area (Å²) < 4.78 is 1.61. The third-order valence-corrected chi connectivity index (χ3v) is 2.94. The Labute approximate surface area is 105 Å². The van der Waals surface area contributed by atoms with Crippen LogP contribution >= 0.6 is 15.9 Å². The Hall–Kier alpha value is -0.840. The summed E-state index contributed by atoms with van der Waals surface area (Å²) in [5, 5.41) is 8.08. The maximum absolute atomic E-state index is 11.9. The summed E-state index contributed by atoms with van der Waals surface area (Å²) in [6.45, 7) is 3.90.